The van der Waals surface area contributed by atoms with Crippen LogP contribution in [0.1, 0.15) is 59.9 Å². The molecule has 0 aliphatic heterocycles. The number of pyridine rings is 1. The number of fused-ring (bicyclic) bond motifs is 1. The van der Waals surface area contributed by atoms with E-state index in [1.165, 1.54) is 33.1 Å². The topological polar surface area (TPSA) is 110 Å². The number of benzene rings is 3. The maximum absolute atomic E-state index is 16.0. The van der Waals surface area contributed by atoms with Crippen LogP contribution < -0.4 is 10.1 Å². The number of carbonyl (C=O) groups is 1. The van der Waals surface area contributed by atoms with Crippen LogP contribution in [0.4, 0.5) is 8.78 Å². The van der Waals surface area contributed by atoms with Crippen LogP contribution in [-0.2, 0) is 11.2 Å². The molecule has 12 heteroatoms. The van der Waals surface area contributed by atoms with Gasteiger partial charge in [0.25, 0.3) is 5.91 Å². The van der Waals surface area contributed by atoms with Gasteiger partial charge in [0.2, 0.25) is 0 Å². The Labute approximate surface area is 273 Å². The highest BCUT2D eigenvalue weighted by atomic mass is 35.5. The quantitative estimate of drug-likeness (QED) is 0.147. The predicted octanol–water partition coefficient (Wildman–Crippen LogP) is 6.92. The summed E-state index contributed by atoms with van der Waals surface area (Å²) in [6.07, 6.45) is 3.95. The fourth-order valence-corrected chi connectivity index (χ4v) is 5.78. The largest absolute Gasteiger partial charge is 0.494 e. The Morgan fingerprint density at radius 3 is 2.43 bits per heavy atom. The van der Waals surface area contributed by atoms with E-state index < -0.39 is 40.3 Å². The molecule has 8 nitrogen and oxygen atoms in total. The van der Waals surface area contributed by atoms with Gasteiger partial charge in [-0.15, -0.1) is 0 Å². The molecular weight excluding hydrogens is 637 g/mol. The summed E-state index contributed by atoms with van der Waals surface area (Å²) < 4.78 is 37.6. The molecule has 2 heterocycles. The number of aromatic nitrogens is 3. The van der Waals surface area contributed by atoms with Crippen LogP contribution in [0.15, 0.2) is 66.9 Å². The molecular formula is C34H30Cl2F2N4O4. The molecule has 5 aromatic rings. The van der Waals surface area contributed by atoms with Gasteiger partial charge in [-0.2, -0.15) is 5.10 Å². The van der Waals surface area contributed by atoms with Crippen molar-refractivity contribution in [2.45, 2.75) is 43.9 Å². The smallest absolute Gasteiger partial charge is 0.251 e. The monoisotopic (exact) mass is 666 g/mol. The molecule has 1 fully saturated rings. The second-order valence-corrected chi connectivity index (χ2v) is 12.6. The average Bonchev–Trinajstić information content (AvgIpc) is 3.80. The molecule has 3 N–H and O–H groups in total. The summed E-state index contributed by atoms with van der Waals surface area (Å²) >= 11 is 12.4. The number of methoxy groups -OCH3 is 1. The number of nitrogens with zero attached hydrogens (tertiary/aromatic N) is 3. The average molecular weight is 668 g/mol. The van der Waals surface area contributed by atoms with E-state index in [9.17, 15) is 19.4 Å². The van der Waals surface area contributed by atoms with E-state index in [1.807, 2.05) is 10.9 Å². The summed E-state index contributed by atoms with van der Waals surface area (Å²) in [5, 5.41) is 30.7. The van der Waals surface area contributed by atoms with E-state index in [-0.39, 0.29) is 33.1 Å². The molecule has 1 atom stereocenters. The van der Waals surface area contributed by atoms with Crippen LogP contribution in [0.25, 0.3) is 22.2 Å². The molecule has 46 heavy (non-hydrogen) atoms. The number of carbonyl (C=O) groups excluding carboxylic acids is 1. The van der Waals surface area contributed by atoms with Crippen molar-refractivity contribution < 1.29 is 28.5 Å². The Morgan fingerprint density at radius 2 is 1.78 bits per heavy atom. The number of hydrogen-bond acceptors (Lipinski definition) is 6. The zero-order chi connectivity index (χ0) is 33.0. The number of amides is 1. The van der Waals surface area contributed by atoms with Crippen LogP contribution in [0.5, 0.6) is 5.75 Å². The van der Waals surface area contributed by atoms with Crippen molar-refractivity contribution >= 4 is 40.0 Å². The molecule has 2 aromatic heterocycles. The van der Waals surface area contributed by atoms with Gasteiger partial charge in [0, 0.05) is 28.3 Å². The van der Waals surface area contributed by atoms with Crippen molar-refractivity contribution in [1.82, 2.24) is 20.1 Å². The lowest BCUT2D eigenvalue weighted by molar-refractivity contribution is 0.0625. The van der Waals surface area contributed by atoms with Gasteiger partial charge in [-0.1, -0.05) is 53.5 Å². The summed E-state index contributed by atoms with van der Waals surface area (Å²) in [6, 6.07) is 15.5. The van der Waals surface area contributed by atoms with Crippen molar-refractivity contribution in [1.29, 1.82) is 0 Å². The van der Waals surface area contributed by atoms with Gasteiger partial charge < -0.3 is 20.3 Å². The number of aliphatic hydroxyl groups is 2. The van der Waals surface area contributed by atoms with Crippen LogP contribution in [0.2, 0.25) is 10.0 Å². The molecule has 0 unspecified atom stereocenters. The number of hydrogen-bond donors (Lipinski definition) is 3. The van der Waals surface area contributed by atoms with E-state index in [0.717, 1.165) is 24.3 Å². The molecule has 1 aliphatic carbocycles. The third-order valence-corrected chi connectivity index (χ3v) is 8.94. The summed E-state index contributed by atoms with van der Waals surface area (Å²) in [5.41, 5.74) is -3.30. The van der Waals surface area contributed by atoms with Gasteiger partial charge in [0.1, 0.15) is 28.4 Å². The van der Waals surface area contributed by atoms with Crippen LogP contribution in [0, 0.1) is 11.6 Å². The Morgan fingerprint density at radius 1 is 1.07 bits per heavy atom. The molecule has 1 saturated carbocycles. The maximum Gasteiger partial charge on any atom is 0.251 e. The highest BCUT2D eigenvalue weighted by molar-refractivity contribution is 6.43. The molecule has 1 aliphatic rings. The van der Waals surface area contributed by atoms with Crippen LogP contribution >= 0.6 is 23.2 Å². The molecule has 0 bridgehead atoms. The molecule has 1 amide bonds. The van der Waals surface area contributed by atoms with E-state index in [1.54, 1.807) is 42.5 Å². The highest BCUT2D eigenvalue weighted by Crippen LogP contribution is 2.41. The molecule has 6 rings (SSSR count). The highest BCUT2D eigenvalue weighted by Gasteiger charge is 2.38. The fraction of sp³-hybridized carbons (Fsp3) is 0.265. The van der Waals surface area contributed by atoms with Crippen molar-refractivity contribution in [2.75, 3.05) is 13.7 Å². The third kappa shape index (κ3) is 5.82. The van der Waals surface area contributed by atoms with Crippen LogP contribution in [0.3, 0.4) is 0 Å². The normalized spacial score (nSPS) is 14.7. The first-order chi connectivity index (χ1) is 21.8. The van der Waals surface area contributed by atoms with E-state index in [0.29, 0.717) is 22.9 Å². The van der Waals surface area contributed by atoms with Gasteiger partial charge in [-0.25, -0.2) is 13.8 Å². The van der Waals surface area contributed by atoms with E-state index >= 15 is 4.39 Å². The summed E-state index contributed by atoms with van der Waals surface area (Å²) in [5.74, 6) is -1.85. The van der Waals surface area contributed by atoms with Crippen molar-refractivity contribution in [3.05, 3.63) is 111 Å². The van der Waals surface area contributed by atoms with E-state index in [4.69, 9.17) is 27.9 Å². The fourth-order valence-electron chi connectivity index (χ4n) is 5.37. The third-order valence-electron chi connectivity index (χ3n) is 8.08. The van der Waals surface area contributed by atoms with Gasteiger partial charge in [0.05, 0.1) is 41.0 Å². The Bertz CT molecular complexity index is 1980. The van der Waals surface area contributed by atoms with Gasteiger partial charge >= 0.3 is 0 Å². The minimum Gasteiger partial charge on any atom is -0.494 e. The minimum atomic E-state index is -2.04. The first kappa shape index (κ1) is 31.9. The molecule has 0 spiro atoms. The molecule has 3 aromatic carbocycles. The predicted molar refractivity (Wildman–Crippen MR) is 171 cm³/mol. The lowest BCUT2D eigenvalue weighted by Crippen LogP contribution is -2.42. The first-order valence-electron chi connectivity index (χ1n) is 14.5. The number of rotatable bonds is 9. The summed E-state index contributed by atoms with van der Waals surface area (Å²) in [6.45, 7) is 2.34. The van der Waals surface area contributed by atoms with Gasteiger partial charge in [0.15, 0.2) is 5.82 Å². The van der Waals surface area contributed by atoms with Crippen molar-refractivity contribution in [3.63, 3.8) is 0 Å². The maximum atomic E-state index is 16.0. The lowest BCUT2D eigenvalue weighted by Gasteiger charge is -2.31. The van der Waals surface area contributed by atoms with Gasteiger partial charge in [-0.05, 0) is 62.6 Å². The first-order valence-corrected chi connectivity index (χ1v) is 15.3. The SMILES string of the molecule is COc1cc(C(=O)NC[C@@](O)(c2ccccc2)c2cc(C(C)(C)O)c(F)c(-c3ccc(F)c(Cl)c3Cl)n2)cc2cn(C3CC3)nc12. The number of halogens is 4. The van der Waals surface area contributed by atoms with Gasteiger partial charge in [-0.3, -0.25) is 9.48 Å². The minimum absolute atomic E-state index is 0.0514. The number of nitrogens with one attached hydrogen (secondary N) is 1. The zero-order valence-electron chi connectivity index (χ0n) is 25.1. The second-order valence-electron chi connectivity index (χ2n) is 11.9. The zero-order valence-corrected chi connectivity index (χ0v) is 26.6. The molecule has 0 saturated heterocycles. The summed E-state index contributed by atoms with van der Waals surface area (Å²) in [7, 11) is 1.50. The Hall–Kier alpha value is -4.09. The Kier molecular flexibility index (Phi) is 8.27. The Balaban J connectivity index is 1.44. The van der Waals surface area contributed by atoms with Crippen LogP contribution in [-0.4, -0.2) is 44.5 Å². The van der Waals surface area contributed by atoms with Crippen molar-refractivity contribution in [3.8, 4) is 17.0 Å². The lowest BCUT2D eigenvalue weighted by atomic mass is 9.86. The standard InChI is InChI=1S/C34H30Cl2F2N4O4/c1-33(2,44)23-15-26(40-31(29(23)38)22-11-12-24(37)28(36)27(22)35)34(45,20-7-5-4-6-8-20)17-39-32(43)18-13-19-16-42(21-9-10-21)41-30(19)25(14-18)46-3/h4-8,11-16,21,44-45H,9-10,17H2,1-3H3,(H,39,43)/t34-/m1/s1. The second kappa shape index (κ2) is 11.9. The summed E-state index contributed by atoms with van der Waals surface area (Å²) in [4.78, 5) is 18.1. The molecule has 238 valence electrons. The van der Waals surface area contributed by atoms with Crippen molar-refractivity contribution in [2.24, 2.45) is 0 Å². The van der Waals surface area contributed by atoms with E-state index in [2.05, 4.69) is 15.4 Å². The molecule has 0 radical (unpaired) electrons. The number of ether oxygens (including phenoxy) is 1.